The SMILES string of the molecule is CCc1ccccc1CN1C[C@H](C2CC2)N(C(C)=O)c2ccc(Cl)cc21. The Balaban J connectivity index is 1.75. The number of carbonyl (C=O) groups excluding carboxylic acids is 1. The van der Waals surface area contributed by atoms with Crippen molar-refractivity contribution < 1.29 is 4.79 Å². The summed E-state index contributed by atoms with van der Waals surface area (Å²) >= 11 is 6.31. The van der Waals surface area contributed by atoms with Gasteiger partial charge in [-0.1, -0.05) is 42.8 Å². The van der Waals surface area contributed by atoms with Gasteiger partial charge in [0.1, 0.15) is 0 Å². The molecule has 1 atom stereocenters. The first-order valence-corrected chi connectivity index (χ1v) is 9.87. The van der Waals surface area contributed by atoms with Crippen LogP contribution in [0.3, 0.4) is 0 Å². The van der Waals surface area contributed by atoms with Crippen molar-refractivity contribution in [2.75, 3.05) is 16.3 Å². The van der Waals surface area contributed by atoms with Gasteiger partial charge in [0, 0.05) is 25.0 Å². The lowest BCUT2D eigenvalue weighted by Gasteiger charge is -2.43. The lowest BCUT2D eigenvalue weighted by Crippen LogP contribution is -2.52. The van der Waals surface area contributed by atoms with Crippen LogP contribution in [0.15, 0.2) is 42.5 Å². The summed E-state index contributed by atoms with van der Waals surface area (Å²) in [6, 6.07) is 14.8. The van der Waals surface area contributed by atoms with Gasteiger partial charge in [0.15, 0.2) is 0 Å². The molecule has 2 aromatic carbocycles. The van der Waals surface area contributed by atoms with Crippen molar-refractivity contribution in [2.45, 2.75) is 45.7 Å². The third-order valence-electron chi connectivity index (χ3n) is 5.64. The molecular weight excluding hydrogens is 344 g/mol. The highest BCUT2D eigenvalue weighted by molar-refractivity contribution is 6.31. The predicted octanol–water partition coefficient (Wildman–Crippen LogP) is 5.05. The molecule has 0 spiro atoms. The van der Waals surface area contributed by atoms with Crippen LogP contribution in [0, 0.1) is 5.92 Å². The maximum atomic E-state index is 12.4. The van der Waals surface area contributed by atoms with Gasteiger partial charge in [0.2, 0.25) is 5.91 Å². The quantitative estimate of drug-likeness (QED) is 0.753. The summed E-state index contributed by atoms with van der Waals surface area (Å²) < 4.78 is 0. The molecule has 1 heterocycles. The monoisotopic (exact) mass is 368 g/mol. The van der Waals surface area contributed by atoms with E-state index in [-0.39, 0.29) is 11.9 Å². The topological polar surface area (TPSA) is 23.6 Å². The van der Waals surface area contributed by atoms with Crippen LogP contribution in [-0.4, -0.2) is 18.5 Å². The van der Waals surface area contributed by atoms with Crippen molar-refractivity contribution in [2.24, 2.45) is 5.92 Å². The molecule has 0 radical (unpaired) electrons. The number of rotatable bonds is 4. The third-order valence-corrected chi connectivity index (χ3v) is 5.88. The molecule has 0 aromatic heterocycles. The van der Waals surface area contributed by atoms with E-state index in [0.717, 1.165) is 30.9 Å². The Morgan fingerprint density at radius 2 is 1.85 bits per heavy atom. The van der Waals surface area contributed by atoms with Gasteiger partial charge in [-0.05, 0) is 54.5 Å². The molecule has 0 N–H and O–H groups in total. The Labute approximate surface area is 160 Å². The standard InChI is InChI=1S/C22H25ClN2O/c1-3-16-6-4-5-7-18(16)13-24-14-22(17-8-9-17)25(15(2)26)20-11-10-19(23)12-21(20)24/h4-7,10-12,17,22H,3,8-9,13-14H2,1-2H3/t22-/m1/s1. The minimum atomic E-state index is 0.124. The molecule has 0 bridgehead atoms. The highest BCUT2D eigenvalue weighted by atomic mass is 35.5. The van der Waals surface area contributed by atoms with Gasteiger partial charge >= 0.3 is 0 Å². The van der Waals surface area contributed by atoms with E-state index in [4.69, 9.17) is 11.6 Å². The van der Waals surface area contributed by atoms with Crippen LogP contribution in [0.2, 0.25) is 5.02 Å². The summed E-state index contributed by atoms with van der Waals surface area (Å²) in [6.07, 6.45) is 3.46. The lowest BCUT2D eigenvalue weighted by atomic mass is 10.00. The van der Waals surface area contributed by atoms with E-state index in [0.29, 0.717) is 10.9 Å². The second-order valence-electron chi connectivity index (χ2n) is 7.43. The van der Waals surface area contributed by atoms with Crippen molar-refractivity contribution in [1.82, 2.24) is 0 Å². The van der Waals surface area contributed by atoms with Crippen molar-refractivity contribution in [3.63, 3.8) is 0 Å². The zero-order chi connectivity index (χ0) is 18.3. The lowest BCUT2D eigenvalue weighted by molar-refractivity contribution is -0.117. The zero-order valence-electron chi connectivity index (χ0n) is 15.4. The van der Waals surface area contributed by atoms with E-state index in [1.807, 2.05) is 23.1 Å². The highest BCUT2D eigenvalue weighted by Crippen LogP contribution is 2.45. The molecule has 0 saturated heterocycles. The molecule has 4 heteroatoms. The number of nitrogens with zero attached hydrogens (tertiary/aromatic N) is 2. The number of aryl methyl sites for hydroxylation is 1. The van der Waals surface area contributed by atoms with Crippen molar-refractivity contribution in [3.05, 3.63) is 58.6 Å². The molecule has 3 nitrogen and oxygen atoms in total. The number of benzene rings is 2. The first kappa shape index (κ1) is 17.4. The molecule has 1 aliphatic carbocycles. The zero-order valence-corrected chi connectivity index (χ0v) is 16.2. The molecule has 4 rings (SSSR count). The average Bonchev–Trinajstić information content (AvgIpc) is 3.47. The van der Waals surface area contributed by atoms with Crippen LogP contribution in [0.25, 0.3) is 0 Å². The van der Waals surface area contributed by atoms with Crippen LogP contribution >= 0.6 is 11.6 Å². The number of hydrogen-bond donors (Lipinski definition) is 0. The Kier molecular flexibility index (Phi) is 4.66. The first-order chi connectivity index (χ1) is 12.6. The van der Waals surface area contributed by atoms with Gasteiger partial charge in [-0.3, -0.25) is 4.79 Å². The van der Waals surface area contributed by atoms with E-state index < -0.39 is 0 Å². The van der Waals surface area contributed by atoms with Crippen LogP contribution < -0.4 is 9.80 Å². The highest BCUT2D eigenvalue weighted by Gasteiger charge is 2.42. The fraction of sp³-hybridized carbons (Fsp3) is 0.409. The number of carbonyl (C=O) groups is 1. The maximum absolute atomic E-state index is 12.4. The Morgan fingerprint density at radius 1 is 1.12 bits per heavy atom. The molecule has 1 fully saturated rings. The van der Waals surface area contributed by atoms with E-state index in [2.05, 4.69) is 36.1 Å². The molecule has 2 aliphatic rings. The molecular formula is C22H25ClN2O. The minimum absolute atomic E-state index is 0.124. The van der Waals surface area contributed by atoms with Crippen LogP contribution in [-0.2, 0) is 17.8 Å². The van der Waals surface area contributed by atoms with Crippen LogP contribution in [0.5, 0.6) is 0 Å². The van der Waals surface area contributed by atoms with Gasteiger partial charge in [-0.15, -0.1) is 0 Å². The van der Waals surface area contributed by atoms with Gasteiger partial charge in [-0.2, -0.15) is 0 Å². The summed E-state index contributed by atoms with van der Waals surface area (Å²) in [5, 5.41) is 0.714. The van der Waals surface area contributed by atoms with Crippen LogP contribution in [0.4, 0.5) is 11.4 Å². The Morgan fingerprint density at radius 3 is 2.50 bits per heavy atom. The molecule has 26 heavy (non-hydrogen) atoms. The summed E-state index contributed by atoms with van der Waals surface area (Å²) in [6.45, 7) is 5.60. The number of fused-ring (bicyclic) bond motifs is 1. The van der Waals surface area contributed by atoms with Crippen molar-refractivity contribution >= 4 is 28.9 Å². The molecule has 2 aromatic rings. The van der Waals surface area contributed by atoms with Crippen LogP contribution in [0.1, 0.15) is 37.8 Å². The normalized spacial score (nSPS) is 19.4. The second-order valence-corrected chi connectivity index (χ2v) is 7.87. The van der Waals surface area contributed by atoms with Gasteiger partial charge in [-0.25, -0.2) is 0 Å². The third kappa shape index (κ3) is 3.21. The number of hydrogen-bond acceptors (Lipinski definition) is 2. The fourth-order valence-corrected chi connectivity index (χ4v) is 4.36. The van der Waals surface area contributed by atoms with Gasteiger partial charge < -0.3 is 9.80 Å². The molecule has 1 aliphatic heterocycles. The van der Waals surface area contributed by atoms with E-state index in [1.54, 1.807) is 6.92 Å². The Hall–Kier alpha value is -2.00. The summed E-state index contributed by atoms with van der Waals surface area (Å²) in [4.78, 5) is 16.8. The van der Waals surface area contributed by atoms with Gasteiger partial charge in [0.25, 0.3) is 0 Å². The minimum Gasteiger partial charge on any atom is -0.363 e. The average molecular weight is 369 g/mol. The Bertz CT molecular complexity index is 831. The number of anilines is 2. The van der Waals surface area contributed by atoms with E-state index in [1.165, 1.54) is 24.0 Å². The molecule has 0 unspecified atom stereocenters. The number of amides is 1. The maximum Gasteiger partial charge on any atom is 0.224 e. The smallest absolute Gasteiger partial charge is 0.224 e. The summed E-state index contributed by atoms with van der Waals surface area (Å²) in [5.74, 6) is 0.741. The number of halogens is 1. The first-order valence-electron chi connectivity index (χ1n) is 9.49. The van der Waals surface area contributed by atoms with E-state index in [9.17, 15) is 4.79 Å². The summed E-state index contributed by atoms with van der Waals surface area (Å²) in [5.41, 5.74) is 4.80. The van der Waals surface area contributed by atoms with Crippen molar-refractivity contribution in [1.29, 1.82) is 0 Å². The molecule has 136 valence electrons. The largest absolute Gasteiger partial charge is 0.363 e. The fourth-order valence-electron chi connectivity index (χ4n) is 4.19. The molecule has 1 saturated carbocycles. The summed E-state index contributed by atoms with van der Waals surface area (Å²) in [7, 11) is 0. The molecule has 1 amide bonds. The predicted molar refractivity (Wildman–Crippen MR) is 108 cm³/mol. The van der Waals surface area contributed by atoms with E-state index >= 15 is 0 Å². The van der Waals surface area contributed by atoms with Crippen molar-refractivity contribution in [3.8, 4) is 0 Å². The second kappa shape index (κ2) is 6.96. The van der Waals surface area contributed by atoms with Gasteiger partial charge in [0.05, 0.1) is 17.4 Å².